The molecule has 0 fully saturated rings. The number of rotatable bonds is 5. The zero-order chi connectivity index (χ0) is 9.68. The number of aromatic nitrogens is 1. The zero-order valence-electron chi connectivity index (χ0n) is 7.36. The Morgan fingerprint density at radius 1 is 1.85 bits per heavy atom. The highest BCUT2D eigenvalue weighted by Gasteiger charge is 2.09. The van der Waals surface area contributed by atoms with Gasteiger partial charge in [-0.15, -0.1) is 0 Å². The molecule has 0 amide bonds. The predicted molar refractivity (Wildman–Crippen MR) is 45.0 cm³/mol. The number of nitrogens with one attached hydrogen (secondary N) is 1. The molecule has 13 heavy (non-hydrogen) atoms. The molecule has 0 saturated carbocycles. The van der Waals surface area contributed by atoms with E-state index in [-0.39, 0.29) is 5.92 Å². The van der Waals surface area contributed by atoms with Crippen LogP contribution >= 0.6 is 0 Å². The van der Waals surface area contributed by atoms with Crippen molar-refractivity contribution in [1.29, 1.82) is 0 Å². The minimum atomic E-state index is -0.801. The van der Waals surface area contributed by atoms with Gasteiger partial charge in [0.2, 0.25) is 0 Å². The molecule has 0 saturated heterocycles. The van der Waals surface area contributed by atoms with Crippen molar-refractivity contribution in [2.24, 2.45) is 5.92 Å². The Morgan fingerprint density at radius 2 is 2.62 bits per heavy atom. The maximum atomic E-state index is 10.4. The molecule has 0 spiro atoms. The van der Waals surface area contributed by atoms with Crippen LogP contribution in [0.4, 0.5) is 0 Å². The molecular weight excluding hydrogens is 172 g/mol. The van der Waals surface area contributed by atoms with Crippen LogP contribution in [0.2, 0.25) is 0 Å². The number of carboxylic acid groups (broad SMARTS) is 1. The lowest BCUT2D eigenvalue weighted by Gasteiger charge is -2.05. The van der Waals surface area contributed by atoms with Crippen molar-refractivity contribution < 1.29 is 14.4 Å². The molecule has 5 nitrogen and oxygen atoms in total. The maximum absolute atomic E-state index is 10.4. The third-order valence-corrected chi connectivity index (χ3v) is 1.66. The summed E-state index contributed by atoms with van der Waals surface area (Å²) in [6.07, 6.45) is 1.55. The number of carbonyl (C=O) groups is 1. The van der Waals surface area contributed by atoms with Crippen LogP contribution in [-0.2, 0) is 11.3 Å². The van der Waals surface area contributed by atoms with Gasteiger partial charge in [0, 0.05) is 12.6 Å². The average molecular weight is 184 g/mol. The van der Waals surface area contributed by atoms with Crippen molar-refractivity contribution in [2.45, 2.75) is 13.5 Å². The van der Waals surface area contributed by atoms with Gasteiger partial charge in [-0.2, -0.15) is 0 Å². The summed E-state index contributed by atoms with van der Waals surface area (Å²) in [5.74, 6) is -0.481. The normalized spacial score (nSPS) is 12.7. The van der Waals surface area contributed by atoms with Crippen LogP contribution in [0.3, 0.4) is 0 Å². The summed E-state index contributed by atoms with van der Waals surface area (Å²) < 4.78 is 4.82. The second kappa shape index (κ2) is 4.61. The van der Waals surface area contributed by atoms with Crippen LogP contribution in [0.25, 0.3) is 0 Å². The molecule has 0 radical (unpaired) electrons. The summed E-state index contributed by atoms with van der Waals surface area (Å²) in [5, 5.41) is 15.0. The molecule has 0 aliphatic carbocycles. The standard InChI is InChI=1S/C8H12N2O3/c1-6(8(11)12)4-9-5-7-2-3-10-13-7/h2-3,6,9H,4-5H2,1H3,(H,11,12). The van der Waals surface area contributed by atoms with Crippen LogP contribution in [0.15, 0.2) is 16.8 Å². The number of hydrogen-bond donors (Lipinski definition) is 2. The molecule has 0 aromatic carbocycles. The Morgan fingerprint density at radius 3 is 3.15 bits per heavy atom. The highest BCUT2D eigenvalue weighted by Crippen LogP contribution is 1.96. The molecule has 1 aromatic heterocycles. The molecule has 2 N–H and O–H groups in total. The van der Waals surface area contributed by atoms with E-state index in [4.69, 9.17) is 9.63 Å². The predicted octanol–water partition coefficient (Wildman–Crippen LogP) is 0.485. The van der Waals surface area contributed by atoms with Gasteiger partial charge in [0.25, 0.3) is 0 Å². The molecule has 72 valence electrons. The summed E-state index contributed by atoms with van der Waals surface area (Å²) in [4.78, 5) is 10.4. The molecule has 1 heterocycles. The van der Waals surface area contributed by atoms with E-state index in [0.29, 0.717) is 18.8 Å². The summed E-state index contributed by atoms with van der Waals surface area (Å²) in [6.45, 7) is 2.59. The van der Waals surface area contributed by atoms with Gasteiger partial charge in [0.15, 0.2) is 0 Å². The summed E-state index contributed by atoms with van der Waals surface area (Å²) in [6, 6.07) is 1.73. The molecule has 1 unspecified atom stereocenters. The van der Waals surface area contributed by atoms with Crippen molar-refractivity contribution in [3.05, 3.63) is 18.0 Å². The van der Waals surface area contributed by atoms with E-state index in [0.717, 1.165) is 0 Å². The third-order valence-electron chi connectivity index (χ3n) is 1.66. The van der Waals surface area contributed by atoms with E-state index in [1.54, 1.807) is 19.2 Å². The Hall–Kier alpha value is -1.36. The number of aliphatic carboxylic acids is 1. The fourth-order valence-electron chi connectivity index (χ4n) is 0.833. The molecule has 0 aliphatic rings. The monoisotopic (exact) mass is 184 g/mol. The second-order valence-corrected chi connectivity index (χ2v) is 2.85. The Kier molecular flexibility index (Phi) is 3.45. The highest BCUT2D eigenvalue weighted by molar-refractivity contribution is 5.69. The van der Waals surface area contributed by atoms with E-state index in [1.807, 2.05) is 0 Å². The lowest BCUT2D eigenvalue weighted by atomic mass is 10.2. The maximum Gasteiger partial charge on any atom is 0.307 e. The van der Waals surface area contributed by atoms with E-state index >= 15 is 0 Å². The quantitative estimate of drug-likeness (QED) is 0.696. The Labute approximate surface area is 75.7 Å². The van der Waals surface area contributed by atoms with Gasteiger partial charge in [0.1, 0.15) is 5.76 Å². The summed E-state index contributed by atoms with van der Waals surface area (Å²) in [7, 11) is 0. The van der Waals surface area contributed by atoms with Gasteiger partial charge < -0.3 is 14.9 Å². The van der Waals surface area contributed by atoms with E-state index in [1.165, 1.54) is 0 Å². The molecule has 1 aromatic rings. The van der Waals surface area contributed by atoms with Gasteiger partial charge in [-0.1, -0.05) is 12.1 Å². The zero-order valence-corrected chi connectivity index (χ0v) is 7.36. The fraction of sp³-hybridized carbons (Fsp3) is 0.500. The Bertz CT molecular complexity index is 258. The Balaban J connectivity index is 2.18. The van der Waals surface area contributed by atoms with Crippen molar-refractivity contribution in [3.8, 4) is 0 Å². The molecule has 0 bridgehead atoms. The van der Waals surface area contributed by atoms with Crippen molar-refractivity contribution >= 4 is 5.97 Å². The fourth-order valence-corrected chi connectivity index (χ4v) is 0.833. The lowest BCUT2D eigenvalue weighted by molar-refractivity contribution is -0.140. The lowest BCUT2D eigenvalue weighted by Crippen LogP contribution is -2.25. The first-order valence-electron chi connectivity index (χ1n) is 4.03. The molecular formula is C8H12N2O3. The minimum Gasteiger partial charge on any atom is -0.481 e. The first-order chi connectivity index (χ1) is 6.20. The second-order valence-electron chi connectivity index (χ2n) is 2.85. The van der Waals surface area contributed by atoms with Crippen molar-refractivity contribution in [1.82, 2.24) is 10.5 Å². The van der Waals surface area contributed by atoms with Crippen molar-refractivity contribution in [3.63, 3.8) is 0 Å². The van der Waals surface area contributed by atoms with E-state index < -0.39 is 5.97 Å². The first kappa shape index (κ1) is 9.73. The highest BCUT2D eigenvalue weighted by atomic mass is 16.5. The van der Waals surface area contributed by atoms with Gasteiger partial charge >= 0.3 is 5.97 Å². The summed E-state index contributed by atoms with van der Waals surface area (Å²) in [5.41, 5.74) is 0. The first-order valence-corrected chi connectivity index (χ1v) is 4.03. The van der Waals surface area contributed by atoms with Gasteiger partial charge in [0.05, 0.1) is 18.7 Å². The SMILES string of the molecule is CC(CNCc1ccno1)C(=O)O. The van der Waals surface area contributed by atoms with Crippen LogP contribution in [0.1, 0.15) is 12.7 Å². The van der Waals surface area contributed by atoms with Crippen LogP contribution < -0.4 is 5.32 Å². The van der Waals surface area contributed by atoms with Crippen LogP contribution in [-0.4, -0.2) is 22.8 Å². The van der Waals surface area contributed by atoms with E-state index in [2.05, 4.69) is 10.5 Å². The number of hydrogen-bond acceptors (Lipinski definition) is 4. The largest absolute Gasteiger partial charge is 0.481 e. The minimum absolute atomic E-state index is 0.386. The van der Waals surface area contributed by atoms with Crippen molar-refractivity contribution in [2.75, 3.05) is 6.54 Å². The molecule has 0 aliphatic heterocycles. The molecule has 1 atom stereocenters. The molecule has 5 heteroatoms. The number of carboxylic acids is 1. The molecule has 1 rings (SSSR count). The van der Waals surface area contributed by atoms with Crippen LogP contribution in [0, 0.1) is 5.92 Å². The average Bonchev–Trinajstić information content (AvgIpc) is 2.56. The topological polar surface area (TPSA) is 75.4 Å². The van der Waals surface area contributed by atoms with Gasteiger partial charge in [-0.3, -0.25) is 4.79 Å². The number of nitrogens with zero attached hydrogens (tertiary/aromatic N) is 1. The van der Waals surface area contributed by atoms with Gasteiger partial charge in [-0.05, 0) is 0 Å². The summed E-state index contributed by atoms with van der Waals surface area (Å²) >= 11 is 0. The van der Waals surface area contributed by atoms with E-state index in [9.17, 15) is 4.79 Å². The van der Waals surface area contributed by atoms with Gasteiger partial charge in [-0.25, -0.2) is 0 Å². The third kappa shape index (κ3) is 3.25. The van der Waals surface area contributed by atoms with Crippen LogP contribution in [0.5, 0.6) is 0 Å². The smallest absolute Gasteiger partial charge is 0.307 e.